The Hall–Kier alpha value is -1.36. The van der Waals surface area contributed by atoms with Crippen molar-refractivity contribution in [1.82, 2.24) is 0 Å². The first-order valence-corrected chi connectivity index (χ1v) is 6.39. The van der Waals surface area contributed by atoms with Gasteiger partial charge in [0.1, 0.15) is 0 Å². The number of hydrogen-bond acceptors (Lipinski definition) is 3. The summed E-state index contributed by atoms with van der Waals surface area (Å²) in [4.78, 5) is 10.9. The van der Waals surface area contributed by atoms with Crippen LogP contribution in [0.4, 0.5) is 0 Å². The summed E-state index contributed by atoms with van der Waals surface area (Å²) in [6.07, 6.45) is 0. The lowest BCUT2D eigenvalue weighted by Crippen LogP contribution is -2.14. The summed E-state index contributed by atoms with van der Waals surface area (Å²) in [5.74, 6) is -1.05. The second kappa shape index (κ2) is 4.25. The fourth-order valence-corrected chi connectivity index (χ4v) is 2.47. The summed E-state index contributed by atoms with van der Waals surface area (Å²) in [5, 5.41) is 8.31. The number of aromatic carboxylic acids is 1. The Kier molecular flexibility index (Phi) is 3.38. The van der Waals surface area contributed by atoms with Gasteiger partial charge >= 0.3 is 5.97 Å². The second-order valence-electron chi connectivity index (χ2n) is 3.88. The van der Waals surface area contributed by atoms with Crippen molar-refractivity contribution in [3.63, 3.8) is 0 Å². The normalized spacial score (nSPS) is 11.8. The van der Waals surface area contributed by atoms with E-state index < -0.39 is 21.1 Å². The van der Waals surface area contributed by atoms with Crippen LogP contribution in [0.5, 0.6) is 0 Å². The molecule has 5 heteroatoms. The Bertz CT molecular complexity index is 515. The van der Waals surface area contributed by atoms with E-state index in [4.69, 9.17) is 5.11 Å². The molecule has 0 spiro atoms. The van der Waals surface area contributed by atoms with Crippen molar-refractivity contribution in [2.75, 3.05) is 0 Å². The Morgan fingerprint density at radius 2 is 1.88 bits per heavy atom. The molecule has 88 valence electrons. The van der Waals surface area contributed by atoms with Gasteiger partial charge < -0.3 is 5.11 Å². The molecule has 0 unspecified atom stereocenters. The fourth-order valence-electron chi connectivity index (χ4n) is 1.33. The monoisotopic (exact) mass is 242 g/mol. The van der Waals surface area contributed by atoms with Crippen molar-refractivity contribution in [2.24, 2.45) is 0 Å². The van der Waals surface area contributed by atoms with Gasteiger partial charge in [-0.25, -0.2) is 13.2 Å². The standard InChI is InChI=1S/C11H14O4S/c1-7(2)16(14,15)9-4-5-10(11(12)13)8(3)6-9/h4-7H,1-3H3,(H,12,13). The predicted molar refractivity (Wildman–Crippen MR) is 60.5 cm³/mol. The summed E-state index contributed by atoms with van der Waals surface area (Å²) >= 11 is 0. The number of benzene rings is 1. The minimum absolute atomic E-state index is 0.128. The molecule has 0 atom stereocenters. The van der Waals surface area contributed by atoms with Crippen LogP contribution in [-0.4, -0.2) is 24.7 Å². The maximum Gasteiger partial charge on any atom is 0.335 e. The molecule has 0 heterocycles. The zero-order valence-electron chi connectivity index (χ0n) is 9.39. The smallest absolute Gasteiger partial charge is 0.335 e. The lowest BCUT2D eigenvalue weighted by molar-refractivity contribution is 0.0696. The number of rotatable bonds is 3. The van der Waals surface area contributed by atoms with Crippen LogP contribution in [0.25, 0.3) is 0 Å². The summed E-state index contributed by atoms with van der Waals surface area (Å²) < 4.78 is 23.6. The molecule has 1 rings (SSSR count). The molecule has 1 N–H and O–H groups in total. The number of sulfone groups is 1. The molecule has 0 bridgehead atoms. The molecule has 0 saturated heterocycles. The third-order valence-corrected chi connectivity index (χ3v) is 4.53. The average molecular weight is 242 g/mol. The summed E-state index contributed by atoms with van der Waals surface area (Å²) in [5.41, 5.74) is 0.580. The topological polar surface area (TPSA) is 71.4 Å². The van der Waals surface area contributed by atoms with E-state index in [0.717, 1.165) is 0 Å². The van der Waals surface area contributed by atoms with Gasteiger partial charge in [0, 0.05) is 0 Å². The van der Waals surface area contributed by atoms with Gasteiger partial charge in [0.05, 0.1) is 15.7 Å². The van der Waals surface area contributed by atoms with Gasteiger partial charge in [-0.05, 0) is 44.5 Å². The Balaban J connectivity index is 3.32. The highest BCUT2D eigenvalue weighted by atomic mass is 32.2. The summed E-state index contributed by atoms with van der Waals surface area (Å²) in [7, 11) is -3.33. The predicted octanol–water partition coefficient (Wildman–Crippen LogP) is 1.88. The minimum Gasteiger partial charge on any atom is -0.478 e. The van der Waals surface area contributed by atoms with E-state index in [9.17, 15) is 13.2 Å². The average Bonchev–Trinajstić information content (AvgIpc) is 2.16. The number of aryl methyl sites for hydroxylation is 1. The van der Waals surface area contributed by atoms with E-state index in [1.807, 2.05) is 0 Å². The summed E-state index contributed by atoms with van der Waals surface area (Å²) in [6.45, 7) is 4.77. The van der Waals surface area contributed by atoms with Crippen molar-refractivity contribution < 1.29 is 18.3 Å². The molecule has 0 aliphatic rings. The lowest BCUT2D eigenvalue weighted by atomic mass is 10.1. The van der Waals surface area contributed by atoms with Crippen LogP contribution < -0.4 is 0 Å². The van der Waals surface area contributed by atoms with Crippen molar-refractivity contribution in [3.8, 4) is 0 Å². The molecule has 0 aromatic heterocycles. The zero-order valence-corrected chi connectivity index (χ0v) is 10.2. The van der Waals surface area contributed by atoms with Gasteiger partial charge in [0.25, 0.3) is 0 Å². The van der Waals surface area contributed by atoms with Crippen LogP contribution in [0.3, 0.4) is 0 Å². The molecule has 0 amide bonds. The maximum atomic E-state index is 11.8. The first kappa shape index (κ1) is 12.7. The maximum absolute atomic E-state index is 11.8. The molecule has 1 aromatic carbocycles. The van der Waals surface area contributed by atoms with Crippen molar-refractivity contribution in [1.29, 1.82) is 0 Å². The van der Waals surface area contributed by atoms with E-state index in [1.165, 1.54) is 18.2 Å². The molecule has 0 fully saturated rings. The van der Waals surface area contributed by atoms with Gasteiger partial charge in [-0.1, -0.05) is 0 Å². The Morgan fingerprint density at radius 1 is 1.31 bits per heavy atom. The largest absolute Gasteiger partial charge is 0.478 e. The lowest BCUT2D eigenvalue weighted by Gasteiger charge is -2.09. The minimum atomic E-state index is -3.33. The van der Waals surface area contributed by atoms with Gasteiger partial charge in [-0.15, -0.1) is 0 Å². The molecule has 0 radical (unpaired) electrons. The number of carboxylic acid groups (broad SMARTS) is 1. The Morgan fingerprint density at radius 3 is 2.25 bits per heavy atom. The zero-order chi connectivity index (χ0) is 12.5. The third-order valence-electron chi connectivity index (χ3n) is 2.38. The van der Waals surface area contributed by atoms with E-state index in [1.54, 1.807) is 20.8 Å². The van der Waals surface area contributed by atoms with Crippen molar-refractivity contribution in [2.45, 2.75) is 30.9 Å². The molecular weight excluding hydrogens is 228 g/mol. The molecule has 0 aliphatic carbocycles. The second-order valence-corrected chi connectivity index (χ2v) is 6.38. The molecule has 0 saturated carbocycles. The fraction of sp³-hybridized carbons (Fsp3) is 0.364. The molecule has 0 aliphatic heterocycles. The van der Waals surface area contributed by atoms with Gasteiger partial charge in [0.2, 0.25) is 0 Å². The number of carboxylic acids is 1. The van der Waals surface area contributed by atoms with Gasteiger partial charge in [-0.3, -0.25) is 0 Å². The highest BCUT2D eigenvalue weighted by Crippen LogP contribution is 2.19. The first-order valence-electron chi connectivity index (χ1n) is 4.84. The van der Waals surface area contributed by atoms with Crippen LogP contribution >= 0.6 is 0 Å². The number of carbonyl (C=O) groups is 1. The van der Waals surface area contributed by atoms with Crippen LogP contribution in [0.15, 0.2) is 23.1 Å². The molecule has 16 heavy (non-hydrogen) atoms. The van der Waals surface area contributed by atoms with Crippen LogP contribution in [-0.2, 0) is 9.84 Å². The van der Waals surface area contributed by atoms with E-state index >= 15 is 0 Å². The Labute approximate surface area is 94.8 Å². The first-order chi connectivity index (χ1) is 7.26. The van der Waals surface area contributed by atoms with E-state index in [-0.39, 0.29) is 10.5 Å². The van der Waals surface area contributed by atoms with Crippen LogP contribution in [0.2, 0.25) is 0 Å². The highest BCUT2D eigenvalue weighted by Gasteiger charge is 2.20. The van der Waals surface area contributed by atoms with Gasteiger partial charge in [0.15, 0.2) is 9.84 Å². The van der Waals surface area contributed by atoms with Crippen LogP contribution in [0, 0.1) is 6.92 Å². The molecular formula is C11H14O4S. The van der Waals surface area contributed by atoms with Crippen LogP contribution in [0.1, 0.15) is 29.8 Å². The van der Waals surface area contributed by atoms with Gasteiger partial charge in [-0.2, -0.15) is 0 Å². The summed E-state index contributed by atoms with van der Waals surface area (Å²) in [6, 6.07) is 4.07. The van der Waals surface area contributed by atoms with Crippen molar-refractivity contribution >= 4 is 15.8 Å². The SMILES string of the molecule is Cc1cc(S(=O)(=O)C(C)C)ccc1C(=O)O. The molecule has 1 aromatic rings. The van der Waals surface area contributed by atoms with Crippen molar-refractivity contribution in [3.05, 3.63) is 29.3 Å². The van der Waals surface area contributed by atoms with E-state index in [0.29, 0.717) is 5.56 Å². The highest BCUT2D eigenvalue weighted by molar-refractivity contribution is 7.92. The number of hydrogen-bond donors (Lipinski definition) is 1. The third kappa shape index (κ3) is 2.24. The molecule has 4 nitrogen and oxygen atoms in total. The van der Waals surface area contributed by atoms with E-state index in [2.05, 4.69) is 0 Å². The quantitative estimate of drug-likeness (QED) is 0.878.